The molecule has 0 aliphatic heterocycles. The first kappa shape index (κ1) is 14.8. The highest BCUT2D eigenvalue weighted by atomic mass is 28.4. The lowest BCUT2D eigenvalue weighted by molar-refractivity contribution is 0.407. The third kappa shape index (κ3) is 5.26. The Bertz CT molecular complexity index is 329. The highest BCUT2D eigenvalue weighted by molar-refractivity contribution is 6.82. The molecule has 0 aromatic carbocycles. The Morgan fingerprint density at radius 1 is 1.24 bits per heavy atom. The zero-order valence-corrected chi connectivity index (χ0v) is 14.6. The first-order valence-electron chi connectivity index (χ1n) is 6.66. The van der Waals surface area contributed by atoms with Crippen LogP contribution in [0.1, 0.15) is 19.8 Å². The van der Waals surface area contributed by atoms with Crippen LogP contribution in [0.3, 0.4) is 0 Å². The van der Waals surface area contributed by atoms with E-state index in [-0.39, 0.29) is 0 Å². The normalized spacial score (nSPS) is 22.6. The van der Waals surface area contributed by atoms with Gasteiger partial charge in [-0.15, -0.1) is 0 Å². The second kappa shape index (κ2) is 5.15. The van der Waals surface area contributed by atoms with E-state index in [4.69, 9.17) is 4.43 Å². The molecule has 1 unspecified atom stereocenters. The summed E-state index contributed by atoms with van der Waals surface area (Å²) in [6.45, 7) is 16.3. The minimum Gasteiger partial charge on any atom is -0.548 e. The third-order valence-electron chi connectivity index (χ3n) is 3.21. The van der Waals surface area contributed by atoms with Crippen molar-refractivity contribution < 1.29 is 4.43 Å². The van der Waals surface area contributed by atoms with Gasteiger partial charge >= 0.3 is 0 Å². The van der Waals surface area contributed by atoms with Crippen molar-refractivity contribution >= 4 is 16.4 Å². The van der Waals surface area contributed by atoms with Gasteiger partial charge in [0.1, 0.15) is 0 Å². The highest BCUT2D eigenvalue weighted by Crippen LogP contribution is 2.30. The van der Waals surface area contributed by atoms with Crippen LogP contribution in [0.25, 0.3) is 0 Å². The van der Waals surface area contributed by atoms with Crippen LogP contribution in [0, 0.1) is 5.92 Å². The summed E-state index contributed by atoms with van der Waals surface area (Å²) >= 11 is 0. The van der Waals surface area contributed by atoms with E-state index in [0.29, 0.717) is 5.92 Å². The summed E-state index contributed by atoms with van der Waals surface area (Å²) < 4.78 is 6.08. The van der Waals surface area contributed by atoms with Gasteiger partial charge in [0.05, 0.1) is 13.8 Å². The maximum Gasteiger partial charge on any atom is 0.241 e. The predicted octanol–water partition coefficient (Wildman–Crippen LogP) is 4.96. The van der Waals surface area contributed by atoms with E-state index in [0.717, 1.165) is 6.42 Å². The van der Waals surface area contributed by atoms with Crippen LogP contribution in [0.15, 0.2) is 23.1 Å². The molecular weight excluding hydrogens is 240 g/mol. The highest BCUT2D eigenvalue weighted by Gasteiger charge is 2.23. The molecule has 0 amide bonds. The molecule has 1 aliphatic carbocycles. The molecule has 1 nitrogen and oxygen atoms in total. The third-order valence-corrected chi connectivity index (χ3v) is 6.62. The van der Waals surface area contributed by atoms with Crippen molar-refractivity contribution in [3.63, 3.8) is 0 Å². The van der Waals surface area contributed by atoms with Crippen LogP contribution >= 0.6 is 0 Å². The van der Waals surface area contributed by atoms with E-state index in [1.54, 1.807) is 5.20 Å². The summed E-state index contributed by atoms with van der Waals surface area (Å²) in [5.41, 5.74) is 0. The molecule has 1 rings (SSSR count). The molecule has 1 atom stereocenters. The van der Waals surface area contributed by atoms with Crippen LogP contribution in [-0.4, -0.2) is 16.4 Å². The molecule has 0 radical (unpaired) electrons. The predicted molar refractivity (Wildman–Crippen MR) is 82.3 cm³/mol. The fourth-order valence-electron chi connectivity index (χ4n) is 1.90. The van der Waals surface area contributed by atoms with Crippen LogP contribution in [-0.2, 0) is 4.43 Å². The molecule has 0 fully saturated rings. The summed E-state index contributed by atoms with van der Waals surface area (Å²) in [7, 11) is -2.51. The summed E-state index contributed by atoms with van der Waals surface area (Å²) in [6.07, 6.45) is 7.20. The largest absolute Gasteiger partial charge is 0.548 e. The van der Waals surface area contributed by atoms with Gasteiger partial charge in [0, 0.05) is 6.42 Å². The molecule has 0 aromatic heterocycles. The van der Waals surface area contributed by atoms with Crippen molar-refractivity contribution in [2.45, 2.75) is 59.0 Å². The minimum absolute atomic E-state index is 0.619. The van der Waals surface area contributed by atoms with Gasteiger partial charge in [0.15, 0.2) is 0 Å². The first-order chi connectivity index (χ1) is 7.58. The molecular formula is C14H28OSi2. The lowest BCUT2D eigenvalue weighted by atomic mass is 10.1. The number of hydrogen-bond donors (Lipinski definition) is 0. The Morgan fingerprint density at radius 3 is 2.29 bits per heavy atom. The van der Waals surface area contributed by atoms with Crippen molar-refractivity contribution in [2.75, 3.05) is 0 Å². The maximum absolute atomic E-state index is 6.08. The van der Waals surface area contributed by atoms with E-state index in [1.165, 1.54) is 12.2 Å². The fourth-order valence-corrected chi connectivity index (χ4v) is 3.57. The van der Waals surface area contributed by atoms with Crippen LogP contribution in [0.2, 0.25) is 39.3 Å². The molecule has 0 heterocycles. The number of rotatable bonds is 4. The molecule has 0 bridgehead atoms. The molecule has 3 heteroatoms. The van der Waals surface area contributed by atoms with E-state index >= 15 is 0 Å². The van der Waals surface area contributed by atoms with Gasteiger partial charge in [-0.3, -0.25) is 0 Å². The average Bonchev–Trinajstić information content (AvgIpc) is 2.47. The molecule has 0 spiro atoms. The topological polar surface area (TPSA) is 9.23 Å². The van der Waals surface area contributed by atoms with Crippen molar-refractivity contribution in [1.29, 1.82) is 0 Å². The second-order valence-corrected chi connectivity index (χ2v) is 16.9. The SMILES string of the molecule is C/C(=C\C1C=C(O[Si](C)(C)C)CC1)[Si](C)(C)C. The zero-order chi connectivity index (χ0) is 13.3. The Labute approximate surface area is 109 Å². The summed E-state index contributed by atoms with van der Waals surface area (Å²) in [4.78, 5) is 0. The molecule has 1 aliphatic rings. The smallest absolute Gasteiger partial charge is 0.241 e. The Balaban J connectivity index is 2.67. The van der Waals surface area contributed by atoms with Gasteiger partial charge in [0.25, 0.3) is 0 Å². The van der Waals surface area contributed by atoms with Crippen molar-refractivity contribution in [3.05, 3.63) is 23.1 Å². The van der Waals surface area contributed by atoms with E-state index in [1.807, 2.05) is 0 Å². The quantitative estimate of drug-likeness (QED) is 0.655. The second-order valence-electron chi connectivity index (χ2n) is 7.15. The van der Waals surface area contributed by atoms with E-state index in [9.17, 15) is 0 Å². The first-order valence-corrected chi connectivity index (χ1v) is 13.6. The van der Waals surface area contributed by atoms with E-state index in [2.05, 4.69) is 58.4 Å². The Hall–Kier alpha value is -0.286. The fraction of sp³-hybridized carbons (Fsp3) is 0.714. The standard InChI is InChI=1S/C14H28OSi2/c1-12(16(2,3)4)10-13-8-9-14(11-13)15-17(5,6)7/h10-11,13H,8-9H2,1-7H3/b12-10+. The van der Waals surface area contributed by atoms with Crippen molar-refractivity contribution in [3.8, 4) is 0 Å². The molecule has 17 heavy (non-hydrogen) atoms. The van der Waals surface area contributed by atoms with Gasteiger partial charge in [-0.2, -0.15) is 0 Å². The molecule has 0 saturated carbocycles. The molecule has 0 saturated heterocycles. The van der Waals surface area contributed by atoms with Crippen LogP contribution < -0.4 is 0 Å². The van der Waals surface area contributed by atoms with Gasteiger partial charge < -0.3 is 4.43 Å². The average molecular weight is 269 g/mol. The van der Waals surface area contributed by atoms with Gasteiger partial charge in [-0.05, 0) is 45.0 Å². The number of hydrogen-bond acceptors (Lipinski definition) is 1. The lowest BCUT2D eigenvalue weighted by Crippen LogP contribution is -2.24. The van der Waals surface area contributed by atoms with Crippen molar-refractivity contribution in [2.24, 2.45) is 5.92 Å². The minimum atomic E-state index is -1.41. The van der Waals surface area contributed by atoms with Gasteiger partial charge in [0.2, 0.25) is 8.32 Å². The number of allylic oxidation sites excluding steroid dienone is 4. The Kier molecular flexibility index (Phi) is 4.47. The molecule has 98 valence electrons. The van der Waals surface area contributed by atoms with Gasteiger partial charge in [-0.1, -0.05) is 30.9 Å². The maximum atomic E-state index is 6.08. The Morgan fingerprint density at radius 2 is 1.82 bits per heavy atom. The van der Waals surface area contributed by atoms with Gasteiger partial charge in [-0.25, -0.2) is 0 Å². The summed E-state index contributed by atoms with van der Waals surface area (Å²) in [5, 5.41) is 1.62. The lowest BCUT2D eigenvalue weighted by Gasteiger charge is -2.19. The summed E-state index contributed by atoms with van der Waals surface area (Å²) in [5.74, 6) is 1.86. The molecule has 0 aromatic rings. The van der Waals surface area contributed by atoms with Crippen LogP contribution in [0.4, 0.5) is 0 Å². The van der Waals surface area contributed by atoms with E-state index < -0.39 is 16.4 Å². The zero-order valence-electron chi connectivity index (χ0n) is 12.6. The molecule has 0 N–H and O–H groups in total. The monoisotopic (exact) mass is 268 g/mol. The van der Waals surface area contributed by atoms with Crippen LogP contribution in [0.5, 0.6) is 0 Å². The van der Waals surface area contributed by atoms with Crippen molar-refractivity contribution in [1.82, 2.24) is 0 Å². The summed E-state index contributed by atoms with van der Waals surface area (Å²) in [6, 6.07) is 0.